The molecular formula is C16H24N2. The quantitative estimate of drug-likeness (QED) is 0.814. The Hall–Kier alpha value is -1.31. The van der Waals surface area contributed by atoms with E-state index in [1.807, 2.05) is 0 Å². The third kappa shape index (κ3) is 2.16. The van der Waals surface area contributed by atoms with Crippen LogP contribution in [0.2, 0.25) is 0 Å². The Morgan fingerprint density at radius 3 is 1.94 bits per heavy atom. The van der Waals surface area contributed by atoms with Crippen molar-refractivity contribution in [2.24, 2.45) is 0 Å². The third-order valence-corrected chi connectivity index (χ3v) is 3.48. The molecule has 2 heterocycles. The largest absolute Gasteiger partial charge is 0.360 e. The number of H-pyrrole nitrogens is 1. The first-order valence-corrected chi connectivity index (χ1v) is 6.94. The van der Waals surface area contributed by atoms with Crippen LogP contribution in [0.25, 0.3) is 10.9 Å². The molecule has 2 aromatic rings. The molecule has 0 aromatic carbocycles. The molecule has 0 aliphatic carbocycles. The van der Waals surface area contributed by atoms with Gasteiger partial charge in [0.15, 0.2) is 0 Å². The van der Waals surface area contributed by atoms with Crippen LogP contribution >= 0.6 is 0 Å². The van der Waals surface area contributed by atoms with E-state index < -0.39 is 0 Å². The van der Waals surface area contributed by atoms with Crippen molar-refractivity contribution in [3.05, 3.63) is 29.2 Å². The van der Waals surface area contributed by atoms with Crippen molar-refractivity contribution in [2.75, 3.05) is 0 Å². The molecule has 0 unspecified atom stereocenters. The fourth-order valence-electron chi connectivity index (χ4n) is 2.36. The number of nitrogens with one attached hydrogen (secondary N) is 1. The molecule has 0 radical (unpaired) electrons. The minimum atomic E-state index is 0.479. The van der Waals surface area contributed by atoms with Crippen molar-refractivity contribution in [3.63, 3.8) is 0 Å². The number of rotatable bonds is 3. The van der Waals surface area contributed by atoms with Crippen molar-refractivity contribution < 1.29 is 0 Å². The van der Waals surface area contributed by atoms with E-state index in [-0.39, 0.29) is 0 Å². The van der Waals surface area contributed by atoms with Gasteiger partial charge >= 0.3 is 0 Å². The average molecular weight is 244 g/mol. The van der Waals surface area contributed by atoms with Crippen LogP contribution in [-0.2, 0) is 0 Å². The summed E-state index contributed by atoms with van der Waals surface area (Å²) < 4.78 is 0. The lowest BCUT2D eigenvalue weighted by molar-refractivity contribution is 0.790. The summed E-state index contributed by atoms with van der Waals surface area (Å²) in [4.78, 5) is 8.46. The maximum Gasteiger partial charge on any atom is 0.0918 e. The molecule has 2 heteroatoms. The second kappa shape index (κ2) is 4.75. The minimum absolute atomic E-state index is 0.479. The van der Waals surface area contributed by atoms with Gasteiger partial charge in [0.1, 0.15) is 0 Å². The van der Waals surface area contributed by atoms with Crippen molar-refractivity contribution in [2.45, 2.75) is 59.3 Å². The fourth-order valence-corrected chi connectivity index (χ4v) is 2.36. The molecule has 2 aromatic heterocycles. The third-order valence-electron chi connectivity index (χ3n) is 3.48. The topological polar surface area (TPSA) is 28.7 Å². The number of hydrogen-bond acceptors (Lipinski definition) is 1. The van der Waals surface area contributed by atoms with E-state index in [4.69, 9.17) is 4.98 Å². The van der Waals surface area contributed by atoms with Gasteiger partial charge in [-0.25, -0.2) is 0 Å². The smallest absolute Gasteiger partial charge is 0.0918 e. The lowest BCUT2D eigenvalue weighted by atomic mass is 10.0. The van der Waals surface area contributed by atoms with Gasteiger partial charge in [0.25, 0.3) is 0 Å². The zero-order valence-corrected chi connectivity index (χ0v) is 12.3. The highest BCUT2D eigenvalue weighted by molar-refractivity contribution is 5.85. The van der Waals surface area contributed by atoms with E-state index >= 15 is 0 Å². The zero-order valence-electron chi connectivity index (χ0n) is 12.3. The second-order valence-corrected chi connectivity index (χ2v) is 6.05. The summed E-state index contributed by atoms with van der Waals surface area (Å²) in [7, 11) is 0. The minimum Gasteiger partial charge on any atom is -0.360 e. The van der Waals surface area contributed by atoms with Gasteiger partial charge in [0.05, 0.1) is 5.52 Å². The second-order valence-electron chi connectivity index (χ2n) is 6.05. The fraction of sp³-hybridized carbons (Fsp3) is 0.562. The Morgan fingerprint density at radius 1 is 0.833 bits per heavy atom. The van der Waals surface area contributed by atoms with Crippen molar-refractivity contribution in [1.29, 1.82) is 0 Å². The van der Waals surface area contributed by atoms with Gasteiger partial charge in [-0.15, -0.1) is 0 Å². The van der Waals surface area contributed by atoms with Crippen LogP contribution in [0.3, 0.4) is 0 Å². The van der Waals surface area contributed by atoms with E-state index in [0.717, 1.165) is 0 Å². The summed E-state index contributed by atoms with van der Waals surface area (Å²) in [6, 6.07) is 4.40. The molecule has 18 heavy (non-hydrogen) atoms. The van der Waals surface area contributed by atoms with Gasteiger partial charge in [-0.3, -0.25) is 4.98 Å². The molecule has 0 saturated carbocycles. The predicted molar refractivity (Wildman–Crippen MR) is 78.4 cm³/mol. The molecule has 98 valence electrons. The highest BCUT2D eigenvalue weighted by atomic mass is 14.8. The molecule has 0 bridgehead atoms. The molecule has 2 nitrogen and oxygen atoms in total. The molecule has 0 saturated heterocycles. The van der Waals surface area contributed by atoms with Gasteiger partial charge in [0, 0.05) is 22.5 Å². The van der Waals surface area contributed by atoms with E-state index in [1.54, 1.807) is 0 Å². The molecule has 0 atom stereocenters. The first-order chi connectivity index (χ1) is 8.41. The number of aromatic nitrogens is 2. The number of pyridine rings is 1. The summed E-state index contributed by atoms with van der Waals surface area (Å²) >= 11 is 0. The number of fused-ring (bicyclic) bond motifs is 1. The molecule has 0 spiro atoms. The predicted octanol–water partition coefficient (Wildman–Crippen LogP) is 4.93. The molecule has 2 rings (SSSR count). The zero-order chi connectivity index (χ0) is 13.4. The standard InChI is InChI=1S/C16H24N2/c1-9(2)13-8-7-12-14(10(3)4)18-15(11(5)6)16(12)17-13/h7-11,18H,1-6H3. The van der Waals surface area contributed by atoms with Crippen LogP contribution in [-0.4, -0.2) is 9.97 Å². The van der Waals surface area contributed by atoms with Gasteiger partial charge in [-0.2, -0.15) is 0 Å². The Morgan fingerprint density at radius 2 is 1.44 bits per heavy atom. The van der Waals surface area contributed by atoms with Crippen LogP contribution in [0.15, 0.2) is 12.1 Å². The maximum absolute atomic E-state index is 4.87. The summed E-state index contributed by atoms with van der Waals surface area (Å²) in [6.45, 7) is 13.3. The molecule has 0 amide bonds. The van der Waals surface area contributed by atoms with Gasteiger partial charge in [0.2, 0.25) is 0 Å². The van der Waals surface area contributed by atoms with Crippen molar-refractivity contribution in [3.8, 4) is 0 Å². The maximum atomic E-state index is 4.87. The number of nitrogens with zero attached hydrogens (tertiary/aromatic N) is 1. The Bertz CT molecular complexity index is 547. The lowest BCUT2D eigenvalue weighted by Crippen LogP contribution is -1.94. The highest BCUT2D eigenvalue weighted by Gasteiger charge is 2.17. The Kier molecular flexibility index (Phi) is 3.47. The van der Waals surface area contributed by atoms with Crippen LogP contribution in [0, 0.1) is 0 Å². The summed E-state index contributed by atoms with van der Waals surface area (Å²) in [5.74, 6) is 1.47. The van der Waals surface area contributed by atoms with E-state index in [9.17, 15) is 0 Å². The van der Waals surface area contributed by atoms with Crippen molar-refractivity contribution in [1.82, 2.24) is 9.97 Å². The molecule has 0 aliphatic heterocycles. The van der Waals surface area contributed by atoms with Crippen LogP contribution in [0.5, 0.6) is 0 Å². The average Bonchev–Trinajstić information content (AvgIpc) is 2.67. The first kappa shape index (κ1) is 13.1. The molecule has 1 N–H and O–H groups in total. The lowest BCUT2D eigenvalue weighted by Gasteiger charge is -2.06. The van der Waals surface area contributed by atoms with E-state index in [2.05, 4.69) is 58.7 Å². The van der Waals surface area contributed by atoms with Crippen LogP contribution < -0.4 is 0 Å². The van der Waals surface area contributed by atoms with Crippen LogP contribution in [0.4, 0.5) is 0 Å². The van der Waals surface area contributed by atoms with Crippen molar-refractivity contribution >= 4 is 10.9 Å². The summed E-state index contributed by atoms with van der Waals surface area (Å²) in [5, 5.41) is 1.29. The molecule has 0 fully saturated rings. The monoisotopic (exact) mass is 244 g/mol. The van der Waals surface area contributed by atoms with Gasteiger partial charge in [-0.1, -0.05) is 41.5 Å². The van der Waals surface area contributed by atoms with Gasteiger partial charge < -0.3 is 4.98 Å². The number of aromatic amines is 1. The Balaban J connectivity index is 2.71. The molecule has 0 aliphatic rings. The van der Waals surface area contributed by atoms with E-state index in [1.165, 1.54) is 28.0 Å². The Labute approximate surface area is 110 Å². The number of hydrogen-bond donors (Lipinski definition) is 1. The SMILES string of the molecule is CC(C)c1ccc2c(C(C)C)[nH]c(C(C)C)c2n1. The highest BCUT2D eigenvalue weighted by Crippen LogP contribution is 2.31. The summed E-state index contributed by atoms with van der Waals surface area (Å²) in [6.07, 6.45) is 0. The normalized spacial score (nSPS) is 12.3. The first-order valence-electron chi connectivity index (χ1n) is 6.94. The van der Waals surface area contributed by atoms with Crippen LogP contribution in [0.1, 0.15) is 76.4 Å². The van der Waals surface area contributed by atoms with E-state index in [0.29, 0.717) is 17.8 Å². The summed E-state index contributed by atoms with van der Waals surface area (Å²) in [5.41, 5.74) is 4.94. The molecular weight excluding hydrogens is 220 g/mol. The van der Waals surface area contributed by atoms with Gasteiger partial charge in [-0.05, 0) is 29.9 Å².